The summed E-state index contributed by atoms with van der Waals surface area (Å²) in [5.41, 5.74) is 7.00. The molecule has 1 aliphatic heterocycles. The molecule has 13 nitrogen and oxygen atoms in total. The van der Waals surface area contributed by atoms with Crippen molar-refractivity contribution in [2.24, 2.45) is 0 Å². The second kappa shape index (κ2) is 12.4. The number of aromatic carboxylic acids is 1. The van der Waals surface area contributed by atoms with E-state index in [1.807, 2.05) is 0 Å². The second-order valence-electron chi connectivity index (χ2n) is 9.85. The van der Waals surface area contributed by atoms with Crippen molar-refractivity contribution < 1.29 is 49.8 Å². The monoisotopic (exact) mass is 679 g/mol. The molecular weight excluding hydrogens is 655 g/mol. The number of aliphatic hydroxyl groups is 1. The SMILES string of the molecule is Nc1cc(S(=O)(=O)c2ccccc2)cnc1C(=O)N1CC(O)(C(F)(F)F)C1.Nc1cc(S(=O)(=O)c2ccccc2)cnc1C(=O)O. The van der Waals surface area contributed by atoms with Crippen LogP contribution in [0.2, 0.25) is 0 Å². The van der Waals surface area contributed by atoms with Crippen LogP contribution in [0.4, 0.5) is 24.5 Å². The molecule has 3 heterocycles. The lowest BCUT2D eigenvalue weighted by atomic mass is 9.93. The average molecular weight is 680 g/mol. The molecule has 1 fully saturated rings. The molecule has 2 aromatic carbocycles. The second-order valence-corrected chi connectivity index (χ2v) is 13.7. The van der Waals surface area contributed by atoms with Gasteiger partial charge in [0.05, 0.1) is 44.0 Å². The van der Waals surface area contributed by atoms with Crippen molar-refractivity contribution in [1.29, 1.82) is 0 Å². The Hall–Kier alpha value is -5.07. The first-order valence-electron chi connectivity index (χ1n) is 12.8. The summed E-state index contributed by atoms with van der Waals surface area (Å²) in [6.07, 6.45) is -2.96. The van der Waals surface area contributed by atoms with Gasteiger partial charge in [0.2, 0.25) is 19.7 Å². The average Bonchev–Trinajstić information content (AvgIpc) is 2.99. The fourth-order valence-corrected chi connectivity index (χ4v) is 6.63. The van der Waals surface area contributed by atoms with Crippen molar-refractivity contribution in [3.05, 3.63) is 96.6 Å². The number of rotatable bonds is 6. The Bertz CT molecular complexity index is 2010. The highest BCUT2D eigenvalue weighted by Crippen LogP contribution is 2.38. The lowest BCUT2D eigenvalue weighted by Gasteiger charge is -2.46. The van der Waals surface area contributed by atoms with Crippen molar-refractivity contribution in [3.8, 4) is 0 Å². The first-order valence-corrected chi connectivity index (χ1v) is 15.8. The van der Waals surface area contributed by atoms with Gasteiger partial charge in [0.15, 0.2) is 17.0 Å². The number of carboxylic acid groups (broad SMARTS) is 1. The molecular formula is C28H24F3N5O8S2. The fourth-order valence-electron chi connectivity index (χ4n) is 4.10. The number of carboxylic acids is 1. The van der Waals surface area contributed by atoms with Crippen LogP contribution >= 0.6 is 0 Å². The number of sulfone groups is 2. The minimum absolute atomic E-state index is 0.00302. The van der Waals surface area contributed by atoms with Gasteiger partial charge in [-0.15, -0.1) is 0 Å². The summed E-state index contributed by atoms with van der Waals surface area (Å²) < 4.78 is 87.4. The first-order chi connectivity index (χ1) is 21.4. The van der Waals surface area contributed by atoms with Gasteiger partial charge >= 0.3 is 12.1 Å². The molecule has 1 saturated heterocycles. The van der Waals surface area contributed by atoms with Crippen LogP contribution in [0.1, 0.15) is 21.0 Å². The predicted octanol–water partition coefficient (Wildman–Crippen LogP) is 2.44. The maximum Gasteiger partial charge on any atom is 0.420 e. The Morgan fingerprint density at radius 2 is 1.13 bits per heavy atom. The number of amides is 1. The lowest BCUT2D eigenvalue weighted by molar-refractivity contribution is -0.294. The number of hydrogen-bond donors (Lipinski definition) is 4. The van der Waals surface area contributed by atoms with Crippen LogP contribution in [-0.4, -0.2) is 78.7 Å². The van der Waals surface area contributed by atoms with Gasteiger partial charge in [0.25, 0.3) is 5.91 Å². The number of hydrogen-bond acceptors (Lipinski definition) is 11. The molecule has 0 atom stereocenters. The molecule has 0 bridgehead atoms. The van der Waals surface area contributed by atoms with E-state index in [-0.39, 0.29) is 42.3 Å². The third-order valence-electron chi connectivity index (χ3n) is 6.64. The van der Waals surface area contributed by atoms with Gasteiger partial charge in [0.1, 0.15) is 0 Å². The zero-order valence-corrected chi connectivity index (χ0v) is 24.9. The summed E-state index contributed by atoms with van der Waals surface area (Å²) in [6, 6.07) is 17.3. The third kappa shape index (κ3) is 6.63. The number of likely N-dealkylation sites (tertiary alicyclic amines) is 1. The predicted molar refractivity (Wildman–Crippen MR) is 155 cm³/mol. The van der Waals surface area contributed by atoms with E-state index in [9.17, 15) is 44.7 Å². The molecule has 0 spiro atoms. The standard InChI is InChI=1S/C16H14F3N3O4S.C12H10N2O4S/c17-16(18,19)15(24)8-22(9-15)14(23)13-12(20)6-11(7-21-13)27(25,26)10-4-2-1-3-5-10;13-10-6-9(7-14-11(10)12(15)16)19(17,18)8-4-2-1-3-5-8/h1-7,24H,8-9,20H2;1-7H,13H2,(H,15,16). The van der Waals surface area contributed by atoms with Crippen LogP contribution in [0, 0.1) is 0 Å². The molecule has 2 aromatic heterocycles. The van der Waals surface area contributed by atoms with Crippen LogP contribution in [0.25, 0.3) is 0 Å². The summed E-state index contributed by atoms with van der Waals surface area (Å²) in [4.78, 5) is 30.7. The summed E-state index contributed by atoms with van der Waals surface area (Å²) in [7, 11) is -7.65. The molecule has 242 valence electrons. The van der Waals surface area contributed by atoms with Crippen molar-refractivity contribution >= 4 is 42.9 Å². The molecule has 0 aliphatic carbocycles. The minimum Gasteiger partial charge on any atom is -0.476 e. The number of carbonyl (C=O) groups excluding carboxylic acids is 1. The van der Waals surface area contributed by atoms with E-state index in [1.165, 1.54) is 36.4 Å². The van der Waals surface area contributed by atoms with E-state index >= 15 is 0 Å². The smallest absolute Gasteiger partial charge is 0.420 e. The molecule has 6 N–H and O–H groups in total. The molecule has 0 radical (unpaired) electrons. The number of β-amino-alcohol motifs (C(OH)–C–C–N with tert-alkyl or cyclic N) is 1. The third-order valence-corrected chi connectivity index (χ3v) is 10.1. The van der Waals surface area contributed by atoms with E-state index in [2.05, 4.69) is 9.97 Å². The Balaban J connectivity index is 0.000000222. The molecule has 4 aromatic rings. The van der Waals surface area contributed by atoms with E-state index < -0.39 is 56.4 Å². The Kier molecular flexibility index (Phi) is 9.10. The largest absolute Gasteiger partial charge is 0.476 e. The number of aromatic nitrogens is 2. The molecule has 0 saturated carbocycles. The van der Waals surface area contributed by atoms with E-state index in [4.69, 9.17) is 16.6 Å². The molecule has 0 unspecified atom stereocenters. The number of carbonyl (C=O) groups is 2. The number of pyridine rings is 2. The molecule has 1 aliphatic rings. The highest BCUT2D eigenvalue weighted by Gasteiger charge is 2.62. The topological polar surface area (TPSA) is 224 Å². The van der Waals surface area contributed by atoms with Crippen LogP contribution < -0.4 is 11.5 Å². The van der Waals surface area contributed by atoms with Crippen molar-refractivity contribution in [1.82, 2.24) is 14.9 Å². The number of benzene rings is 2. The lowest BCUT2D eigenvalue weighted by Crippen LogP contribution is -2.70. The van der Waals surface area contributed by atoms with E-state index in [0.717, 1.165) is 29.4 Å². The Morgan fingerprint density at radius 1 is 0.739 bits per heavy atom. The van der Waals surface area contributed by atoms with Gasteiger partial charge in [-0.25, -0.2) is 31.6 Å². The number of alkyl halides is 3. The van der Waals surface area contributed by atoms with Crippen molar-refractivity contribution in [2.75, 3.05) is 24.6 Å². The normalized spacial score (nSPS) is 14.4. The quantitative estimate of drug-likeness (QED) is 0.231. The van der Waals surface area contributed by atoms with Crippen molar-refractivity contribution in [3.63, 3.8) is 0 Å². The number of nitrogens with zero attached hydrogens (tertiary/aromatic N) is 3. The first kappa shape index (κ1) is 33.8. The summed E-state index contributed by atoms with van der Waals surface area (Å²) >= 11 is 0. The fraction of sp³-hybridized carbons (Fsp3) is 0.143. The highest BCUT2D eigenvalue weighted by atomic mass is 32.2. The number of anilines is 2. The molecule has 46 heavy (non-hydrogen) atoms. The van der Waals surface area contributed by atoms with Gasteiger partial charge < -0.3 is 26.6 Å². The van der Waals surface area contributed by atoms with Crippen LogP contribution in [0.15, 0.2) is 105 Å². The number of nitrogen functional groups attached to an aromatic ring is 2. The van der Waals surface area contributed by atoms with Gasteiger partial charge in [0, 0.05) is 12.4 Å². The van der Waals surface area contributed by atoms with Gasteiger partial charge in [-0.05, 0) is 36.4 Å². The Morgan fingerprint density at radius 3 is 1.48 bits per heavy atom. The zero-order chi connectivity index (χ0) is 34.1. The van der Waals surface area contributed by atoms with Crippen LogP contribution in [0.3, 0.4) is 0 Å². The molecule has 5 rings (SSSR count). The maximum atomic E-state index is 12.7. The van der Waals surface area contributed by atoms with E-state index in [0.29, 0.717) is 0 Å². The summed E-state index contributed by atoms with van der Waals surface area (Å²) in [5.74, 6) is -2.23. The highest BCUT2D eigenvalue weighted by molar-refractivity contribution is 7.91. The number of halogens is 3. The summed E-state index contributed by atoms with van der Waals surface area (Å²) in [6.45, 7) is -1.89. The van der Waals surface area contributed by atoms with E-state index in [1.54, 1.807) is 24.3 Å². The molecule has 1 amide bonds. The maximum absolute atomic E-state index is 12.7. The Labute approximate surface area is 259 Å². The zero-order valence-electron chi connectivity index (χ0n) is 23.3. The minimum atomic E-state index is -4.86. The number of nitrogens with two attached hydrogens (primary N) is 2. The van der Waals surface area contributed by atoms with Gasteiger partial charge in [-0.2, -0.15) is 13.2 Å². The van der Waals surface area contributed by atoms with Crippen LogP contribution in [0.5, 0.6) is 0 Å². The summed E-state index contributed by atoms with van der Waals surface area (Å²) in [5, 5.41) is 18.2. The van der Waals surface area contributed by atoms with Crippen molar-refractivity contribution in [2.45, 2.75) is 31.4 Å². The van der Waals surface area contributed by atoms with Gasteiger partial charge in [-0.3, -0.25) is 4.79 Å². The van der Waals surface area contributed by atoms with Crippen LogP contribution in [-0.2, 0) is 19.7 Å². The van der Waals surface area contributed by atoms with Gasteiger partial charge in [-0.1, -0.05) is 36.4 Å². The molecule has 18 heteroatoms.